The molecule has 1 unspecified atom stereocenters. The lowest BCUT2D eigenvalue weighted by molar-refractivity contribution is 0.0926. The van der Waals surface area contributed by atoms with Gasteiger partial charge >= 0.3 is 0 Å². The van der Waals surface area contributed by atoms with Crippen molar-refractivity contribution in [2.75, 3.05) is 38.1 Å². The van der Waals surface area contributed by atoms with Crippen molar-refractivity contribution < 1.29 is 9.53 Å². The van der Waals surface area contributed by atoms with Crippen LogP contribution in [0, 0.1) is 0 Å². The Morgan fingerprint density at radius 2 is 2.19 bits per heavy atom. The molecular weight excluding hydrogens is 266 g/mol. The number of anilines is 1. The van der Waals surface area contributed by atoms with Crippen molar-refractivity contribution in [3.63, 3.8) is 0 Å². The Kier molecular flexibility index (Phi) is 5.44. The van der Waals surface area contributed by atoms with Crippen molar-refractivity contribution in [1.82, 2.24) is 10.2 Å². The van der Waals surface area contributed by atoms with Crippen LogP contribution in [-0.2, 0) is 0 Å². The highest BCUT2D eigenvalue weighted by atomic mass is 16.5. The minimum atomic E-state index is -0.0739. The predicted molar refractivity (Wildman–Crippen MR) is 85.1 cm³/mol. The van der Waals surface area contributed by atoms with Crippen LogP contribution in [0.2, 0.25) is 0 Å². The SMILES string of the molecule is CCN(CC)CC(C)NC(=O)c1cccc2c1OCCN2. The summed E-state index contributed by atoms with van der Waals surface area (Å²) in [5, 5.41) is 6.31. The molecule has 1 aromatic carbocycles. The van der Waals surface area contributed by atoms with Gasteiger partial charge in [-0.15, -0.1) is 0 Å². The lowest BCUT2D eigenvalue weighted by atomic mass is 10.1. The van der Waals surface area contributed by atoms with Crippen molar-refractivity contribution >= 4 is 11.6 Å². The maximum atomic E-state index is 12.4. The quantitative estimate of drug-likeness (QED) is 0.841. The molecule has 2 N–H and O–H groups in total. The van der Waals surface area contributed by atoms with Gasteiger partial charge in [0, 0.05) is 19.1 Å². The van der Waals surface area contributed by atoms with Crippen molar-refractivity contribution in [1.29, 1.82) is 0 Å². The predicted octanol–water partition coefficient (Wildman–Crippen LogP) is 1.95. The Balaban J connectivity index is 2.03. The van der Waals surface area contributed by atoms with Gasteiger partial charge in [0.1, 0.15) is 6.61 Å². The number of fused-ring (bicyclic) bond motifs is 1. The normalized spacial score (nSPS) is 14.9. The summed E-state index contributed by atoms with van der Waals surface area (Å²) in [6.45, 7) is 10.5. The molecule has 0 aliphatic carbocycles. The summed E-state index contributed by atoms with van der Waals surface area (Å²) in [6, 6.07) is 5.73. The van der Waals surface area contributed by atoms with Gasteiger partial charge in [-0.05, 0) is 32.1 Å². The molecule has 0 aromatic heterocycles. The van der Waals surface area contributed by atoms with E-state index in [4.69, 9.17) is 4.74 Å². The average Bonchev–Trinajstić information content (AvgIpc) is 2.51. The summed E-state index contributed by atoms with van der Waals surface area (Å²) in [6.07, 6.45) is 0. The van der Waals surface area contributed by atoms with Gasteiger partial charge in [-0.1, -0.05) is 19.9 Å². The van der Waals surface area contributed by atoms with Crippen LogP contribution < -0.4 is 15.4 Å². The van der Waals surface area contributed by atoms with Crippen molar-refractivity contribution in [2.24, 2.45) is 0 Å². The summed E-state index contributed by atoms with van der Waals surface area (Å²) in [5.74, 6) is 0.589. The molecule has 0 radical (unpaired) electrons. The van der Waals surface area contributed by atoms with Crippen LogP contribution in [0.25, 0.3) is 0 Å². The first-order valence-electron chi connectivity index (χ1n) is 7.68. The van der Waals surface area contributed by atoms with E-state index in [2.05, 4.69) is 29.4 Å². The molecule has 1 atom stereocenters. The van der Waals surface area contributed by atoms with E-state index in [0.717, 1.165) is 31.9 Å². The highest BCUT2D eigenvalue weighted by Gasteiger charge is 2.20. The van der Waals surface area contributed by atoms with Gasteiger partial charge in [-0.25, -0.2) is 0 Å². The van der Waals surface area contributed by atoms with Crippen molar-refractivity contribution in [3.8, 4) is 5.75 Å². The number of likely N-dealkylation sites (N-methyl/N-ethyl adjacent to an activating group) is 1. The summed E-state index contributed by atoms with van der Waals surface area (Å²) in [5.41, 5.74) is 1.50. The highest BCUT2D eigenvalue weighted by Crippen LogP contribution is 2.31. The van der Waals surface area contributed by atoms with Crippen LogP contribution in [0.5, 0.6) is 5.75 Å². The Bertz CT molecular complexity index is 486. The standard InChI is InChI=1S/C16H25N3O2/c1-4-19(5-2)11-12(3)18-16(20)13-7-6-8-14-15(13)21-10-9-17-14/h6-8,12,17H,4-5,9-11H2,1-3H3,(H,18,20). The maximum absolute atomic E-state index is 12.4. The first-order chi connectivity index (χ1) is 10.2. The van der Waals surface area contributed by atoms with Crippen molar-refractivity contribution in [3.05, 3.63) is 23.8 Å². The summed E-state index contributed by atoms with van der Waals surface area (Å²) in [7, 11) is 0. The summed E-state index contributed by atoms with van der Waals surface area (Å²) < 4.78 is 5.65. The monoisotopic (exact) mass is 291 g/mol. The van der Waals surface area contributed by atoms with Crippen molar-refractivity contribution in [2.45, 2.75) is 26.8 Å². The van der Waals surface area contributed by atoms with Gasteiger partial charge in [0.15, 0.2) is 5.75 Å². The molecule has 0 saturated carbocycles. The molecule has 1 aliphatic rings. The van der Waals surface area contributed by atoms with E-state index < -0.39 is 0 Å². The number of nitrogens with one attached hydrogen (secondary N) is 2. The molecular formula is C16H25N3O2. The van der Waals surface area contributed by atoms with E-state index in [0.29, 0.717) is 17.9 Å². The summed E-state index contributed by atoms with van der Waals surface area (Å²) in [4.78, 5) is 14.7. The first-order valence-corrected chi connectivity index (χ1v) is 7.68. The van der Waals surface area contributed by atoms with Gasteiger partial charge in [0.05, 0.1) is 11.3 Å². The zero-order chi connectivity index (χ0) is 15.2. The third-order valence-corrected chi connectivity index (χ3v) is 3.73. The lowest BCUT2D eigenvalue weighted by Gasteiger charge is -2.25. The summed E-state index contributed by atoms with van der Waals surface area (Å²) >= 11 is 0. The molecule has 2 rings (SSSR count). The fourth-order valence-electron chi connectivity index (χ4n) is 2.57. The number of carbonyl (C=O) groups excluding carboxylic acids is 1. The smallest absolute Gasteiger partial charge is 0.255 e. The zero-order valence-corrected chi connectivity index (χ0v) is 13.1. The Labute approximate surface area is 126 Å². The number of para-hydroxylation sites is 1. The molecule has 0 saturated heterocycles. The molecule has 1 aromatic rings. The van der Waals surface area contributed by atoms with E-state index in [1.165, 1.54) is 0 Å². The van der Waals surface area contributed by atoms with E-state index in [9.17, 15) is 4.79 Å². The highest BCUT2D eigenvalue weighted by molar-refractivity contribution is 5.99. The molecule has 0 spiro atoms. The maximum Gasteiger partial charge on any atom is 0.255 e. The third-order valence-electron chi connectivity index (χ3n) is 3.73. The minimum absolute atomic E-state index is 0.0739. The molecule has 0 bridgehead atoms. The molecule has 0 fully saturated rings. The molecule has 1 amide bonds. The van der Waals surface area contributed by atoms with Crippen LogP contribution in [0.1, 0.15) is 31.1 Å². The minimum Gasteiger partial charge on any atom is -0.489 e. The molecule has 1 aliphatic heterocycles. The van der Waals surface area contributed by atoms with Gasteiger partial charge < -0.3 is 20.3 Å². The van der Waals surface area contributed by atoms with Crippen LogP contribution in [0.4, 0.5) is 5.69 Å². The van der Waals surface area contributed by atoms with E-state index in [-0.39, 0.29) is 11.9 Å². The number of nitrogens with zero attached hydrogens (tertiary/aromatic N) is 1. The van der Waals surface area contributed by atoms with Crippen LogP contribution >= 0.6 is 0 Å². The molecule has 1 heterocycles. The Morgan fingerprint density at radius 3 is 2.90 bits per heavy atom. The number of ether oxygens (including phenoxy) is 1. The number of rotatable bonds is 6. The first kappa shape index (κ1) is 15.6. The van der Waals surface area contributed by atoms with E-state index in [1.54, 1.807) is 0 Å². The third kappa shape index (κ3) is 3.88. The van der Waals surface area contributed by atoms with Crippen LogP contribution in [-0.4, -0.2) is 49.6 Å². The fraction of sp³-hybridized carbons (Fsp3) is 0.562. The van der Waals surface area contributed by atoms with E-state index in [1.807, 2.05) is 25.1 Å². The van der Waals surface area contributed by atoms with E-state index >= 15 is 0 Å². The second-order valence-corrected chi connectivity index (χ2v) is 5.32. The van der Waals surface area contributed by atoms with Gasteiger partial charge in [0.2, 0.25) is 0 Å². The van der Waals surface area contributed by atoms with Gasteiger partial charge in [0.25, 0.3) is 5.91 Å². The van der Waals surface area contributed by atoms with Gasteiger partial charge in [-0.2, -0.15) is 0 Å². The van der Waals surface area contributed by atoms with Crippen LogP contribution in [0.3, 0.4) is 0 Å². The average molecular weight is 291 g/mol. The van der Waals surface area contributed by atoms with Gasteiger partial charge in [-0.3, -0.25) is 4.79 Å². The zero-order valence-electron chi connectivity index (χ0n) is 13.1. The second-order valence-electron chi connectivity index (χ2n) is 5.32. The Hall–Kier alpha value is -1.75. The number of benzene rings is 1. The second kappa shape index (κ2) is 7.31. The molecule has 5 heteroatoms. The number of amides is 1. The molecule has 21 heavy (non-hydrogen) atoms. The largest absolute Gasteiger partial charge is 0.489 e. The molecule has 116 valence electrons. The number of hydrogen-bond acceptors (Lipinski definition) is 4. The topological polar surface area (TPSA) is 53.6 Å². The Morgan fingerprint density at radius 1 is 1.43 bits per heavy atom. The number of hydrogen-bond donors (Lipinski definition) is 2. The van der Waals surface area contributed by atoms with Crippen LogP contribution in [0.15, 0.2) is 18.2 Å². The fourth-order valence-corrected chi connectivity index (χ4v) is 2.57. The molecule has 5 nitrogen and oxygen atoms in total. The number of carbonyl (C=O) groups is 1. The lowest BCUT2D eigenvalue weighted by Crippen LogP contribution is -2.42.